The van der Waals surface area contributed by atoms with E-state index < -0.39 is 0 Å². The van der Waals surface area contributed by atoms with Crippen LogP contribution in [0.4, 0.5) is 5.82 Å². The number of pyridine rings is 2. The Morgan fingerprint density at radius 1 is 1.26 bits per heavy atom. The molecule has 0 aliphatic carbocycles. The molecule has 0 bridgehead atoms. The first-order valence-electron chi connectivity index (χ1n) is 7.39. The van der Waals surface area contributed by atoms with Crippen molar-refractivity contribution in [1.82, 2.24) is 19.3 Å². The van der Waals surface area contributed by atoms with E-state index in [-0.39, 0.29) is 5.91 Å². The Balaban J connectivity index is 1.97. The van der Waals surface area contributed by atoms with Crippen LogP contribution >= 0.6 is 0 Å². The lowest BCUT2D eigenvalue weighted by Crippen LogP contribution is -2.19. The molecule has 3 heterocycles. The smallest absolute Gasteiger partial charge is 0.277 e. The number of carbonyl (C=O) groups is 1. The van der Waals surface area contributed by atoms with Crippen molar-refractivity contribution in [1.29, 1.82) is 0 Å². The fourth-order valence-electron chi connectivity index (χ4n) is 2.40. The Morgan fingerprint density at radius 2 is 2.09 bits per heavy atom. The second kappa shape index (κ2) is 6.18. The van der Waals surface area contributed by atoms with Crippen LogP contribution in [0.1, 0.15) is 21.7 Å². The molecular weight excluding hydrogens is 290 g/mol. The average molecular weight is 309 g/mol. The maximum absolute atomic E-state index is 12.6. The highest BCUT2D eigenvalue weighted by atomic mass is 16.2. The van der Waals surface area contributed by atoms with E-state index in [1.54, 1.807) is 12.3 Å². The standard InChI is InChI=1S/C17H19N5O/c1-12-7-8-14(18-10-12)19-17(23)16-13(11-21(2)3)22-9-5-4-6-15(22)20-16/h4-10H,11H2,1-3H3,(H,18,19,23). The third-order valence-corrected chi connectivity index (χ3v) is 3.46. The van der Waals surface area contributed by atoms with Crippen LogP contribution in [-0.2, 0) is 6.54 Å². The Bertz CT molecular complexity index is 836. The van der Waals surface area contributed by atoms with Crippen molar-refractivity contribution in [3.8, 4) is 0 Å². The van der Waals surface area contributed by atoms with Crippen molar-refractivity contribution in [3.63, 3.8) is 0 Å². The SMILES string of the molecule is Cc1ccc(NC(=O)c2nc3ccccn3c2CN(C)C)nc1. The second-order valence-electron chi connectivity index (χ2n) is 5.75. The van der Waals surface area contributed by atoms with Crippen molar-refractivity contribution in [2.75, 3.05) is 19.4 Å². The Morgan fingerprint density at radius 3 is 2.78 bits per heavy atom. The lowest BCUT2D eigenvalue weighted by atomic mass is 10.2. The van der Waals surface area contributed by atoms with Gasteiger partial charge in [-0.05, 0) is 44.8 Å². The summed E-state index contributed by atoms with van der Waals surface area (Å²) in [5, 5.41) is 2.82. The van der Waals surface area contributed by atoms with Crippen molar-refractivity contribution < 1.29 is 4.79 Å². The molecular formula is C17H19N5O. The second-order valence-corrected chi connectivity index (χ2v) is 5.75. The zero-order valence-electron chi connectivity index (χ0n) is 13.4. The molecule has 1 amide bonds. The van der Waals surface area contributed by atoms with E-state index in [1.807, 2.05) is 60.8 Å². The zero-order chi connectivity index (χ0) is 16.4. The third-order valence-electron chi connectivity index (χ3n) is 3.46. The summed E-state index contributed by atoms with van der Waals surface area (Å²) < 4.78 is 1.94. The fourth-order valence-corrected chi connectivity index (χ4v) is 2.40. The highest BCUT2D eigenvalue weighted by Gasteiger charge is 2.19. The fraction of sp³-hybridized carbons (Fsp3) is 0.235. The number of aromatic nitrogens is 3. The molecule has 0 saturated heterocycles. The number of rotatable bonds is 4. The topological polar surface area (TPSA) is 62.5 Å². The molecule has 0 aliphatic heterocycles. The monoisotopic (exact) mass is 309 g/mol. The van der Waals surface area contributed by atoms with E-state index in [4.69, 9.17) is 0 Å². The minimum Gasteiger partial charge on any atom is -0.305 e. The number of aryl methyl sites for hydroxylation is 1. The molecule has 0 aliphatic rings. The van der Waals surface area contributed by atoms with E-state index in [2.05, 4.69) is 15.3 Å². The van der Waals surface area contributed by atoms with E-state index in [9.17, 15) is 4.79 Å². The molecule has 0 fully saturated rings. The molecule has 0 atom stereocenters. The van der Waals surface area contributed by atoms with Crippen LogP contribution in [-0.4, -0.2) is 39.3 Å². The van der Waals surface area contributed by atoms with Crippen LogP contribution in [0.15, 0.2) is 42.7 Å². The normalized spacial score (nSPS) is 11.1. The number of carbonyl (C=O) groups excluding carboxylic acids is 1. The van der Waals surface area contributed by atoms with Gasteiger partial charge < -0.3 is 14.6 Å². The Kier molecular flexibility index (Phi) is 4.08. The van der Waals surface area contributed by atoms with Gasteiger partial charge in [-0.3, -0.25) is 4.79 Å². The van der Waals surface area contributed by atoms with Gasteiger partial charge in [0.1, 0.15) is 11.5 Å². The van der Waals surface area contributed by atoms with Gasteiger partial charge >= 0.3 is 0 Å². The van der Waals surface area contributed by atoms with E-state index >= 15 is 0 Å². The van der Waals surface area contributed by atoms with Gasteiger partial charge in [-0.1, -0.05) is 12.1 Å². The van der Waals surface area contributed by atoms with Gasteiger partial charge in [0, 0.05) is 18.9 Å². The summed E-state index contributed by atoms with van der Waals surface area (Å²) in [7, 11) is 3.93. The van der Waals surface area contributed by atoms with Crippen LogP contribution < -0.4 is 5.32 Å². The summed E-state index contributed by atoms with van der Waals surface area (Å²) in [5.41, 5.74) is 3.08. The number of fused-ring (bicyclic) bond motifs is 1. The van der Waals surface area contributed by atoms with Gasteiger partial charge in [0.05, 0.1) is 5.69 Å². The maximum atomic E-state index is 12.6. The highest BCUT2D eigenvalue weighted by molar-refractivity contribution is 6.03. The lowest BCUT2D eigenvalue weighted by Gasteiger charge is -2.11. The van der Waals surface area contributed by atoms with Gasteiger partial charge in [0.25, 0.3) is 5.91 Å². The summed E-state index contributed by atoms with van der Waals surface area (Å²) in [6.07, 6.45) is 3.64. The molecule has 3 aromatic heterocycles. The summed E-state index contributed by atoms with van der Waals surface area (Å²) in [5.74, 6) is 0.273. The predicted molar refractivity (Wildman–Crippen MR) is 89.5 cm³/mol. The zero-order valence-corrected chi connectivity index (χ0v) is 13.4. The average Bonchev–Trinajstić information content (AvgIpc) is 2.88. The molecule has 6 heteroatoms. The molecule has 6 nitrogen and oxygen atoms in total. The maximum Gasteiger partial charge on any atom is 0.277 e. The number of hydrogen-bond acceptors (Lipinski definition) is 4. The molecule has 0 radical (unpaired) electrons. The van der Waals surface area contributed by atoms with Crippen LogP contribution in [0.3, 0.4) is 0 Å². The summed E-state index contributed by atoms with van der Waals surface area (Å²) in [6, 6.07) is 9.42. The largest absolute Gasteiger partial charge is 0.305 e. The van der Waals surface area contributed by atoms with Crippen molar-refractivity contribution in [2.45, 2.75) is 13.5 Å². The van der Waals surface area contributed by atoms with Gasteiger partial charge in [0.15, 0.2) is 5.69 Å². The number of amides is 1. The van der Waals surface area contributed by atoms with Crippen molar-refractivity contribution >= 4 is 17.4 Å². The van der Waals surface area contributed by atoms with Crippen LogP contribution in [0.25, 0.3) is 5.65 Å². The van der Waals surface area contributed by atoms with Gasteiger partial charge in [-0.2, -0.15) is 0 Å². The molecule has 23 heavy (non-hydrogen) atoms. The first-order chi connectivity index (χ1) is 11.0. The van der Waals surface area contributed by atoms with Crippen molar-refractivity contribution in [3.05, 3.63) is 59.7 Å². The van der Waals surface area contributed by atoms with Crippen LogP contribution in [0.2, 0.25) is 0 Å². The molecule has 3 rings (SSSR count). The summed E-state index contributed by atoms with van der Waals surface area (Å²) in [4.78, 5) is 23.3. The lowest BCUT2D eigenvalue weighted by molar-refractivity contribution is 0.102. The minimum absolute atomic E-state index is 0.248. The Labute approximate surface area is 134 Å². The third kappa shape index (κ3) is 3.22. The molecule has 0 spiro atoms. The first kappa shape index (κ1) is 15.2. The van der Waals surface area contributed by atoms with Gasteiger partial charge in [-0.15, -0.1) is 0 Å². The van der Waals surface area contributed by atoms with Gasteiger partial charge in [0.2, 0.25) is 0 Å². The highest BCUT2D eigenvalue weighted by Crippen LogP contribution is 2.16. The van der Waals surface area contributed by atoms with E-state index in [0.29, 0.717) is 18.1 Å². The predicted octanol–water partition coefficient (Wildman–Crippen LogP) is 2.35. The molecule has 0 aromatic carbocycles. The number of hydrogen-bond donors (Lipinski definition) is 1. The summed E-state index contributed by atoms with van der Waals surface area (Å²) in [6.45, 7) is 2.57. The Hall–Kier alpha value is -2.73. The number of nitrogens with zero attached hydrogens (tertiary/aromatic N) is 4. The van der Waals surface area contributed by atoms with E-state index in [1.165, 1.54) is 0 Å². The van der Waals surface area contributed by atoms with Crippen LogP contribution in [0, 0.1) is 6.92 Å². The molecule has 0 unspecified atom stereocenters. The number of nitrogens with one attached hydrogen (secondary N) is 1. The molecule has 0 saturated carbocycles. The first-order valence-corrected chi connectivity index (χ1v) is 7.39. The number of anilines is 1. The summed E-state index contributed by atoms with van der Waals surface area (Å²) >= 11 is 0. The van der Waals surface area contributed by atoms with E-state index in [0.717, 1.165) is 16.9 Å². The quantitative estimate of drug-likeness (QED) is 0.803. The molecule has 1 N–H and O–H groups in total. The molecule has 3 aromatic rings. The molecule has 118 valence electrons. The van der Waals surface area contributed by atoms with Crippen LogP contribution in [0.5, 0.6) is 0 Å². The van der Waals surface area contributed by atoms with Crippen molar-refractivity contribution in [2.24, 2.45) is 0 Å². The number of imidazole rings is 1. The van der Waals surface area contributed by atoms with Gasteiger partial charge in [-0.25, -0.2) is 9.97 Å². The minimum atomic E-state index is -0.248.